The monoisotopic (exact) mass is 394 g/mol. The summed E-state index contributed by atoms with van der Waals surface area (Å²) in [6.07, 6.45) is 4.38. The van der Waals surface area contributed by atoms with Crippen LogP contribution < -0.4 is 20.1 Å². The average Bonchev–Trinajstić information content (AvgIpc) is 3.11. The van der Waals surface area contributed by atoms with Crippen LogP contribution in [0.5, 0.6) is 11.5 Å². The fourth-order valence-electron chi connectivity index (χ4n) is 3.22. The molecular formula is C20H34N4O2S. The number of rotatable bonds is 10. The average molecular weight is 395 g/mol. The van der Waals surface area contributed by atoms with Gasteiger partial charge in [0.25, 0.3) is 0 Å². The van der Waals surface area contributed by atoms with Gasteiger partial charge < -0.3 is 20.1 Å². The van der Waals surface area contributed by atoms with E-state index < -0.39 is 0 Å². The smallest absolute Gasteiger partial charge is 0.191 e. The van der Waals surface area contributed by atoms with Crippen LogP contribution in [0.1, 0.15) is 25.3 Å². The highest BCUT2D eigenvalue weighted by atomic mass is 32.2. The first-order chi connectivity index (χ1) is 13.2. The van der Waals surface area contributed by atoms with Gasteiger partial charge in [0, 0.05) is 44.8 Å². The zero-order valence-corrected chi connectivity index (χ0v) is 17.9. The number of ether oxygens (including phenoxy) is 2. The van der Waals surface area contributed by atoms with Crippen LogP contribution in [-0.2, 0) is 6.54 Å². The fourth-order valence-corrected chi connectivity index (χ4v) is 3.64. The Labute approximate surface area is 168 Å². The van der Waals surface area contributed by atoms with Gasteiger partial charge in [0.2, 0.25) is 0 Å². The molecule has 27 heavy (non-hydrogen) atoms. The molecule has 2 N–H and O–H groups in total. The second-order valence-corrected chi connectivity index (χ2v) is 7.68. The van der Waals surface area contributed by atoms with Crippen molar-refractivity contribution in [1.82, 2.24) is 15.5 Å². The molecule has 0 amide bonds. The van der Waals surface area contributed by atoms with Gasteiger partial charge in [-0.1, -0.05) is 0 Å². The molecule has 2 rings (SSSR count). The van der Waals surface area contributed by atoms with E-state index in [-0.39, 0.29) is 0 Å². The van der Waals surface area contributed by atoms with Gasteiger partial charge in [-0.05, 0) is 49.5 Å². The maximum Gasteiger partial charge on any atom is 0.191 e. The molecule has 152 valence electrons. The van der Waals surface area contributed by atoms with Crippen molar-refractivity contribution in [2.75, 3.05) is 52.4 Å². The normalized spacial score (nSPS) is 17.8. The Morgan fingerprint density at radius 2 is 2.00 bits per heavy atom. The van der Waals surface area contributed by atoms with E-state index in [9.17, 15) is 0 Å². The number of hydrogen-bond acceptors (Lipinski definition) is 5. The summed E-state index contributed by atoms with van der Waals surface area (Å²) >= 11 is 1.87. The first kappa shape index (κ1) is 21.7. The lowest BCUT2D eigenvalue weighted by atomic mass is 10.2. The van der Waals surface area contributed by atoms with Crippen LogP contribution in [0.2, 0.25) is 0 Å². The number of aliphatic imine (C=N–C) groups is 1. The molecule has 0 aromatic heterocycles. The van der Waals surface area contributed by atoms with E-state index in [0.29, 0.717) is 6.04 Å². The summed E-state index contributed by atoms with van der Waals surface area (Å²) < 4.78 is 10.8. The number of methoxy groups -OCH3 is 2. The molecule has 1 aromatic rings. The van der Waals surface area contributed by atoms with Crippen LogP contribution in [-0.4, -0.2) is 69.3 Å². The lowest BCUT2D eigenvalue weighted by Gasteiger charge is -2.19. The van der Waals surface area contributed by atoms with E-state index in [1.54, 1.807) is 14.2 Å². The zero-order valence-electron chi connectivity index (χ0n) is 17.1. The Morgan fingerprint density at radius 3 is 2.63 bits per heavy atom. The van der Waals surface area contributed by atoms with Crippen molar-refractivity contribution in [3.63, 3.8) is 0 Å². The molecule has 1 heterocycles. The quantitative estimate of drug-likeness (QED) is 0.361. The molecule has 1 fully saturated rings. The minimum atomic E-state index is 0.427. The molecule has 1 aromatic carbocycles. The van der Waals surface area contributed by atoms with Crippen molar-refractivity contribution in [3.05, 3.63) is 23.8 Å². The number of nitrogens with one attached hydrogen (secondary N) is 2. The molecule has 1 unspecified atom stereocenters. The number of nitrogens with zero attached hydrogens (tertiary/aromatic N) is 2. The van der Waals surface area contributed by atoms with Gasteiger partial charge in [-0.2, -0.15) is 11.8 Å². The number of hydrogen-bond donors (Lipinski definition) is 2. The van der Waals surface area contributed by atoms with Crippen LogP contribution in [0.3, 0.4) is 0 Å². The van der Waals surface area contributed by atoms with Crippen molar-refractivity contribution in [3.8, 4) is 11.5 Å². The van der Waals surface area contributed by atoms with Gasteiger partial charge in [-0.25, -0.2) is 0 Å². The molecule has 1 atom stereocenters. The van der Waals surface area contributed by atoms with Crippen molar-refractivity contribution in [2.24, 2.45) is 4.99 Å². The summed E-state index contributed by atoms with van der Waals surface area (Å²) in [5, 5.41) is 6.96. The molecular weight excluding hydrogens is 360 g/mol. The Bertz CT molecular complexity index is 575. The first-order valence-electron chi connectivity index (χ1n) is 9.66. The number of benzene rings is 1. The SMILES string of the molecule is CCNC(=NCCCSC)NC1CCN(Cc2cc(OC)cc(OC)c2)C1. The lowest BCUT2D eigenvalue weighted by molar-refractivity contribution is 0.321. The molecule has 0 spiro atoms. The zero-order chi connectivity index (χ0) is 19.5. The maximum absolute atomic E-state index is 5.38. The summed E-state index contributed by atoms with van der Waals surface area (Å²) in [6, 6.07) is 6.51. The highest BCUT2D eigenvalue weighted by Crippen LogP contribution is 2.24. The Hall–Kier alpha value is -1.60. The molecule has 1 aliphatic heterocycles. The third kappa shape index (κ3) is 7.50. The summed E-state index contributed by atoms with van der Waals surface area (Å²) in [5.41, 5.74) is 1.21. The summed E-state index contributed by atoms with van der Waals surface area (Å²) in [5.74, 6) is 3.77. The lowest BCUT2D eigenvalue weighted by Crippen LogP contribution is -2.44. The van der Waals surface area contributed by atoms with E-state index in [1.807, 2.05) is 17.8 Å². The van der Waals surface area contributed by atoms with Gasteiger partial charge in [-0.15, -0.1) is 0 Å². The summed E-state index contributed by atoms with van der Waals surface area (Å²) in [7, 11) is 3.38. The molecule has 0 aliphatic carbocycles. The van der Waals surface area contributed by atoms with E-state index in [0.717, 1.165) is 68.8 Å². The predicted molar refractivity (Wildman–Crippen MR) is 115 cm³/mol. The maximum atomic E-state index is 5.38. The Morgan fingerprint density at radius 1 is 1.26 bits per heavy atom. The number of guanidine groups is 1. The first-order valence-corrected chi connectivity index (χ1v) is 11.1. The molecule has 6 nitrogen and oxygen atoms in total. The third-order valence-electron chi connectivity index (χ3n) is 4.55. The fraction of sp³-hybridized carbons (Fsp3) is 0.650. The molecule has 0 bridgehead atoms. The molecule has 7 heteroatoms. The van der Waals surface area contributed by atoms with Crippen molar-refractivity contribution in [2.45, 2.75) is 32.4 Å². The van der Waals surface area contributed by atoms with Crippen LogP contribution in [0.15, 0.2) is 23.2 Å². The molecule has 0 radical (unpaired) electrons. The van der Waals surface area contributed by atoms with Gasteiger partial charge in [0.1, 0.15) is 11.5 Å². The van der Waals surface area contributed by atoms with E-state index >= 15 is 0 Å². The standard InChI is InChI=1S/C20H34N4O2S/c1-5-21-20(22-8-6-10-27-4)23-17-7-9-24(15-17)14-16-11-18(25-2)13-19(12-16)26-3/h11-13,17H,5-10,14-15H2,1-4H3,(H2,21,22,23). The summed E-state index contributed by atoms with van der Waals surface area (Å²) in [4.78, 5) is 7.16. The second-order valence-electron chi connectivity index (χ2n) is 6.69. The molecule has 1 aliphatic rings. The highest BCUT2D eigenvalue weighted by Gasteiger charge is 2.23. The minimum absolute atomic E-state index is 0.427. The second kappa shape index (κ2) is 12.0. The van der Waals surface area contributed by atoms with Crippen LogP contribution in [0.4, 0.5) is 0 Å². The topological polar surface area (TPSA) is 58.1 Å². The van der Waals surface area contributed by atoms with Gasteiger partial charge >= 0.3 is 0 Å². The Balaban J connectivity index is 1.88. The van der Waals surface area contributed by atoms with E-state index in [2.05, 4.69) is 40.8 Å². The van der Waals surface area contributed by atoms with Gasteiger partial charge in [0.05, 0.1) is 14.2 Å². The van der Waals surface area contributed by atoms with Crippen LogP contribution >= 0.6 is 11.8 Å². The largest absolute Gasteiger partial charge is 0.497 e. The third-order valence-corrected chi connectivity index (χ3v) is 5.25. The van der Waals surface area contributed by atoms with Crippen molar-refractivity contribution in [1.29, 1.82) is 0 Å². The van der Waals surface area contributed by atoms with Gasteiger partial charge in [-0.3, -0.25) is 9.89 Å². The minimum Gasteiger partial charge on any atom is -0.497 e. The van der Waals surface area contributed by atoms with E-state index in [1.165, 1.54) is 5.56 Å². The predicted octanol–water partition coefficient (Wildman–Crippen LogP) is 2.59. The van der Waals surface area contributed by atoms with Crippen molar-refractivity contribution >= 4 is 17.7 Å². The van der Waals surface area contributed by atoms with Crippen LogP contribution in [0, 0.1) is 0 Å². The summed E-state index contributed by atoms with van der Waals surface area (Å²) in [6.45, 7) is 6.84. The highest BCUT2D eigenvalue weighted by molar-refractivity contribution is 7.98. The van der Waals surface area contributed by atoms with E-state index in [4.69, 9.17) is 14.5 Å². The van der Waals surface area contributed by atoms with Gasteiger partial charge in [0.15, 0.2) is 5.96 Å². The number of likely N-dealkylation sites (tertiary alicyclic amines) is 1. The van der Waals surface area contributed by atoms with Crippen molar-refractivity contribution < 1.29 is 9.47 Å². The molecule has 0 saturated carbocycles. The molecule has 1 saturated heterocycles. The van der Waals surface area contributed by atoms with Crippen LogP contribution in [0.25, 0.3) is 0 Å². The number of thioether (sulfide) groups is 1. The Kier molecular flexibility index (Phi) is 9.62.